The Hall–Kier alpha value is -2.14. The molecule has 98 valence electrons. The van der Waals surface area contributed by atoms with Crippen molar-refractivity contribution in [2.75, 3.05) is 39.4 Å². The van der Waals surface area contributed by atoms with E-state index < -0.39 is 11.8 Å². The molecule has 1 aliphatic heterocycles. The van der Waals surface area contributed by atoms with Gasteiger partial charge in [-0.1, -0.05) is 0 Å². The molecule has 0 saturated carbocycles. The highest BCUT2D eigenvalue weighted by atomic mass is 16.5. The minimum absolute atomic E-state index is 0.237. The number of hydrogen-bond acceptors (Lipinski definition) is 5. The fourth-order valence-corrected chi connectivity index (χ4v) is 1.36. The molecule has 0 aliphatic carbocycles. The van der Waals surface area contributed by atoms with Crippen LogP contribution < -0.4 is 10.6 Å². The molecule has 1 saturated heterocycles. The fourth-order valence-electron chi connectivity index (χ4n) is 1.36. The van der Waals surface area contributed by atoms with E-state index in [1.807, 2.05) is 0 Å². The first-order valence-electron chi connectivity index (χ1n) is 5.43. The minimum Gasteiger partial charge on any atom is -0.378 e. The summed E-state index contributed by atoms with van der Waals surface area (Å²) < 4.78 is 5.08. The SMILES string of the molecule is N#CCNC(=O)C(=O)NCC(=O)N1CCOCC1. The summed E-state index contributed by atoms with van der Waals surface area (Å²) in [6.45, 7) is 1.43. The van der Waals surface area contributed by atoms with Crippen molar-refractivity contribution in [3.8, 4) is 6.07 Å². The van der Waals surface area contributed by atoms with Crippen LogP contribution in [0, 0.1) is 11.3 Å². The van der Waals surface area contributed by atoms with Crippen molar-refractivity contribution in [1.29, 1.82) is 5.26 Å². The topological polar surface area (TPSA) is 112 Å². The Balaban J connectivity index is 2.27. The third-order valence-corrected chi connectivity index (χ3v) is 2.30. The zero-order valence-corrected chi connectivity index (χ0v) is 9.77. The van der Waals surface area contributed by atoms with Crippen LogP contribution in [0.25, 0.3) is 0 Å². The molecule has 0 aromatic heterocycles. The Kier molecular flexibility index (Phi) is 5.60. The van der Waals surface area contributed by atoms with Crippen LogP contribution in [-0.2, 0) is 19.1 Å². The van der Waals surface area contributed by atoms with E-state index in [0.717, 1.165) is 0 Å². The first kappa shape index (κ1) is 13.9. The highest BCUT2D eigenvalue weighted by Gasteiger charge is 2.19. The van der Waals surface area contributed by atoms with Crippen molar-refractivity contribution >= 4 is 17.7 Å². The lowest BCUT2D eigenvalue weighted by molar-refractivity contribution is -0.141. The van der Waals surface area contributed by atoms with Gasteiger partial charge in [-0.2, -0.15) is 5.26 Å². The third kappa shape index (κ3) is 4.39. The molecule has 0 aromatic carbocycles. The average Bonchev–Trinajstić information content (AvgIpc) is 2.42. The molecular weight excluding hydrogens is 240 g/mol. The molecule has 0 aromatic rings. The average molecular weight is 254 g/mol. The van der Waals surface area contributed by atoms with Gasteiger partial charge in [0.1, 0.15) is 6.54 Å². The van der Waals surface area contributed by atoms with Crippen LogP contribution in [-0.4, -0.2) is 62.0 Å². The molecule has 8 heteroatoms. The number of hydrogen-bond donors (Lipinski definition) is 2. The maximum atomic E-state index is 11.6. The molecule has 0 bridgehead atoms. The Bertz CT molecular complexity index is 371. The van der Waals surface area contributed by atoms with E-state index in [1.54, 1.807) is 11.0 Å². The standard InChI is InChI=1S/C10H14N4O4/c11-1-2-12-9(16)10(17)13-7-8(15)14-3-5-18-6-4-14/h2-7H2,(H,12,16)(H,13,17). The van der Waals surface area contributed by atoms with Crippen LogP contribution in [0.15, 0.2) is 0 Å². The summed E-state index contributed by atoms with van der Waals surface area (Å²) >= 11 is 0. The van der Waals surface area contributed by atoms with E-state index in [4.69, 9.17) is 10.00 Å². The van der Waals surface area contributed by atoms with Crippen LogP contribution in [0.5, 0.6) is 0 Å². The van der Waals surface area contributed by atoms with Gasteiger partial charge >= 0.3 is 11.8 Å². The molecule has 0 unspecified atom stereocenters. The Morgan fingerprint density at radius 1 is 1.17 bits per heavy atom. The van der Waals surface area contributed by atoms with Gasteiger partial charge in [-0.05, 0) is 0 Å². The molecule has 0 radical (unpaired) electrons. The Morgan fingerprint density at radius 2 is 1.78 bits per heavy atom. The van der Waals surface area contributed by atoms with Crippen molar-refractivity contribution in [3.63, 3.8) is 0 Å². The zero-order chi connectivity index (χ0) is 13.4. The summed E-state index contributed by atoms with van der Waals surface area (Å²) in [7, 11) is 0. The van der Waals surface area contributed by atoms with Crippen LogP contribution >= 0.6 is 0 Å². The van der Waals surface area contributed by atoms with Crippen molar-refractivity contribution in [1.82, 2.24) is 15.5 Å². The van der Waals surface area contributed by atoms with Gasteiger partial charge in [0.15, 0.2) is 0 Å². The van der Waals surface area contributed by atoms with Crippen molar-refractivity contribution < 1.29 is 19.1 Å². The van der Waals surface area contributed by atoms with Gasteiger partial charge in [0, 0.05) is 13.1 Å². The van der Waals surface area contributed by atoms with E-state index in [-0.39, 0.29) is 19.0 Å². The van der Waals surface area contributed by atoms with Crippen LogP contribution in [0.1, 0.15) is 0 Å². The molecule has 1 heterocycles. The van der Waals surface area contributed by atoms with Gasteiger partial charge in [0.25, 0.3) is 0 Å². The summed E-state index contributed by atoms with van der Waals surface area (Å²) in [6, 6.07) is 1.67. The molecule has 3 amide bonds. The molecule has 1 fully saturated rings. The van der Waals surface area contributed by atoms with Gasteiger partial charge in [0.2, 0.25) is 5.91 Å². The van der Waals surface area contributed by atoms with E-state index in [0.29, 0.717) is 26.3 Å². The highest BCUT2D eigenvalue weighted by Crippen LogP contribution is 1.96. The zero-order valence-electron chi connectivity index (χ0n) is 9.77. The lowest BCUT2D eigenvalue weighted by Crippen LogP contribution is -2.48. The maximum Gasteiger partial charge on any atom is 0.310 e. The second-order valence-corrected chi connectivity index (χ2v) is 3.52. The van der Waals surface area contributed by atoms with Crippen LogP contribution in [0.2, 0.25) is 0 Å². The van der Waals surface area contributed by atoms with Gasteiger partial charge in [-0.25, -0.2) is 0 Å². The molecule has 1 aliphatic rings. The maximum absolute atomic E-state index is 11.6. The number of ether oxygens (including phenoxy) is 1. The second kappa shape index (κ2) is 7.24. The molecule has 2 N–H and O–H groups in total. The van der Waals surface area contributed by atoms with Gasteiger partial charge in [0.05, 0.1) is 25.8 Å². The second-order valence-electron chi connectivity index (χ2n) is 3.52. The molecule has 0 spiro atoms. The molecule has 0 atom stereocenters. The molecule has 1 rings (SSSR count). The van der Waals surface area contributed by atoms with E-state index >= 15 is 0 Å². The van der Waals surface area contributed by atoms with Gasteiger partial charge in [-0.3, -0.25) is 14.4 Å². The largest absolute Gasteiger partial charge is 0.378 e. The van der Waals surface area contributed by atoms with Gasteiger partial charge < -0.3 is 20.3 Å². The van der Waals surface area contributed by atoms with Crippen LogP contribution in [0.4, 0.5) is 0 Å². The number of amides is 3. The predicted molar refractivity (Wildman–Crippen MR) is 59.0 cm³/mol. The number of carbonyl (C=O) groups is 3. The normalized spacial score (nSPS) is 14.5. The first-order chi connectivity index (χ1) is 8.65. The Labute approximate surface area is 104 Å². The predicted octanol–water partition coefficient (Wildman–Crippen LogP) is -2.40. The number of carbonyl (C=O) groups excluding carboxylic acids is 3. The van der Waals surface area contributed by atoms with Gasteiger partial charge in [-0.15, -0.1) is 0 Å². The summed E-state index contributed by atoms with van der Waals surface area (Å²) in [4.78, 5) is 35.4. The summed E-state index contributed by atoms with van der Waals surface area (Å²) in [6.07, 6.45) is 0. The summed E-state index contributed by atoms with van der Waals surface area (Å²) in [5.74, 6) is -2.11. The molecule has 8 nitrogen and oxygen atoms in total. The Morgan fingerprint density at radius 3 is 2.39 bits per heavy atom. The van der Waals surface area contributed by atoms with E-state index in [9.17, 15) is 14.4 Å². The van der Waals surface area contributed by atoms with Crippen molar-refractivity contribution in [2.24, 2.45) is 0 Å². The van der Waals surface area contributed by atoms with E-state index in [1.165, 1.54) is 0 Å². The quantitative estimate of drug-likeness (QED) is 0.431. The number of morpholine rings is 1. The fraction of sp³-hybridized carbons (Fsp3) is 0.600. The number of nitrogens with one attached hydrogen (secondary N) is 2. The first-order valence-corrected chi connectivity index (χ1v) is 5.43. The van der Waals surface area contributed by atoms with Crippen molar-refractivity contribution in [2.45, 2.75) is 0 Å². The molecule has 18 heavy (non-hydrogen) atoms. The summed E-state index contributed by atoms with van der Waals surface area (Å²) in [5.41, 5.74) is 0. The lowest BCUT2D eigenvalue weighted by atomic mass is 10.4. The third-order valence-electron chi connectivity index (χ3n) is 2.30. The monoisotopic (exact) mass is 254 g/mol. The lowest BCUT2D eigenvalue weighted by Gasteiger charge is -2.26. The molecular formula is C10H14N4O4. The summed E-state index contributed by atoms with van der Waals surface area (Å²) in [5, 5.41) is 12.5. The number of nitriles is 1. The van der Waals surface area contributed by atoms with Crippen molar-refractivity contribution in [3.05, 3.63) is 0 Å². The minimum atomic E-state index is -0.925. The van der Waals surface area contributed by atoms with Crippen LogP contribution in [0.3, 0.4) is 0 Å². The van der Waals surface area contributed by atoms with E-state index in [2.05, 4.69) is 10.6 Å². The highest BCUT2D eigenvalue weighted by molar-refractivity contribution is 6.35. The smallest absolute Gasteiger partial charge is 0.310 e. The number of nitrogens with zero attached hydrogens (tertiary/aromatic N) is 2. The number of rotatable bonds is 3.